The lowest BCUT2D eigenvalue weighted by Gasteiger charge is -2.08. The van der Waals surface area contributed by atoms with E-state index in [9.17, 15) is 13.2 Å². The molecule has 0 radical (unpaired) electrons. The monoisotopic (exact) mass is 276 g/mol. The number of rotatable bonds is 4. The van der Waals surface area contributed by atoms with Gasteiger partial charge in [0.05, 0.1) is 4.90 Å². The van der Waals surface area contributed by atoms with Crippen molar-refractivity contribution in [1.29, 1.82) is 0 Å². The lowest BCUT2D eigenvalue weighted by Crippen LogP contribution is -2.15. The van der Waals surface area contributed by atoms with E-state index in [1.807, 2.05) is 0 Å². The van der Waals surface area contributed by atoms with Crippen LogP contribution >= 0.6 is 0 Å². The molecular weight excluding hydrogens is 264 g/mol. The van der Waals surface area contributed by atoms with Crippen molar-refractivity contribution >= 4 is 21.6 Å². The highest BCUT2D eigenvalue weighted by Crippen LogP contribution is 2.16. The molecule has 6 heteroatoms. The molecule has 0 aliphatic carbocycles. The van der Waals surface area contributed by atoms with Gasteiger partial charge in [0, 0.05) is 11.3 Å². The predicted octanol–water partition coefficient (Wildman–Crippen LogP) is 1.59. The first-order valence-electron chi connectivity index (χ1n) is 5.47. The van der Waals surface area contributed by atoms with E-state index in [0.29, 0.717) is 5.69 Å². The van der Waals surface area contributed by atoms with Crippen LogP contribution in [0.5, 0.6) is 0 Å². The molecule has 0 spiro atoms. The minimum Gasteiger partial charge on any atom is -0.366 e. The summed E-state index contributed by atoms with van der Waals surface area (Å²) in [6.07, 6.45) is 0. The molecule has 0 saturated heterocycles. The van der Waals surface area contributed by atoms with Crippen molar-refractivity contribution in [3.63, 3.8) is 0 Å². The van der Waals surface area contributed by atoms with Crippen LogP contribution in [-0.4, -0.2) is 14.3 Å². The standard InChI is InChI=1S/C13H12N2O3S/c14-13(16)10-5-4-8-12(9-10)19(17,18)15-11-6-2-1-3-7-11/h1-9,15H,(H2,14,16). The summed E-state index contributed by atoms with van der Waals surface area (Å²) in [5.74, 6) is -0.670. The molecule has 0 saturated carbocycles. The Morgan fingerprint density at radius 1 is 1.00 bits per heavy atom. The normalized spacial score (nSPS) is 10.9. The van der Waals surface area contributed by atoms with Crippen molar-refractivity contribution < 1.29 is 13.2 Å². The summed E-state index contributed by atoms with van der Waals surface area (Å²) in [6, 6.07) is 14.1. The van der Waals surface area contributed by atoms with Crippen LogP contribution in [0, 0.1) is 0 Å². The number of nitrogens with one attached hydrogen (secondary N) is 1. The number of carbonyl (C=O) groups is 1. The van der Waals surface area contributed by atoms with Crippen molar-refractivity contribution in [3.05, 3.63) is 60.2 Å². The van der Waals surface area contributed by atoms with Gasteiger partial charge in [-0.25, -0.2) is 8.42 Å². The van der Waals surface area contributed by atoms with Crippen LogP contribution in [0.2, 0.25) is 0 Å². The van der Waals surface area contributed by atoms with Gasteiger partial charge in [-0.2, -0.15) is 0 Å². The maximum Gasteiger partial charge on any atom is 0.261 e. The number of nitrogens with two attached hydrogens (primary N) is 1. The number of primary amides is 1. The largest absolute Gasteiger partial charge is 0.366 e. The van der Waals surface area contributed by atoms with Gasteiger partial charge < -0.3 is 5.73 Å². The van der Waals surface area contributed by atoms with Crippen LogP contribution < -0.4 is 10.5 Å². The van der Waals surface area contributed by atoms with Crippen LogP contribution in [0.3, 0.4) is 0 Å². The Balaban J connectivity index is 2.35. The first-order chi connectivity index (χ1) is 8.99. The van der Waals surface area contributed by atoms with Crippen LogP contribution in [-0.2, 0) is 10.0 Å². The summed E-state index contributed by atoms with van der Waals surface area (Å²) in [4.78, 5) is 11.0. The van der Waals surface area contributed by atoms with Gasteiger partial charge in [-0.1, -0.05) is 24.3 Å². The van der Waals surface area contributed by atoms with Gasteiger partial charge in [0.1, 0.15) is 0 Å². The van der Waals surface area contributed by atoms with Crippen molar-refractivity contribution in [2.24, 2.45) is 5.73 Å². The zero-order chi connectivity index (χ0) is 13.9. The molecule has 0 aromatic heterocycles. The topological polar surface area (TPSA) is 89.3 Å². The van der Waals surface area contributed by atoms with E-state index in [1.165, 1.54) is 24.3 Å². The summed E-state index contributed by atoms with van der Waals surface area (Å²) in [5.41, 5.74) is 5.72. The molecule has 0 heterocycles. The van der Waals surface area contributed by atoms with E-state index >= 15 is 0 Å². The van der Waals surface area contributed by atoms with Gasteiger partial charge in [-0.05, 0) is 30.3 Å². The summed E-state index contributed by atoms with van der Waals surface area (Å²) in [7, 11) is -3.73. The van der Waals surface area contributed by atoms with Crippen LogP contribution in [0.4, 0.5) is 5.69 Å². The lowest BCUT2D eigenvalue weighted by molar-refractivity contribution is 0.1000. The molecule has 0 bridgehead atoms. The molecule has 0 atom stereocenters. The summed E-state index contributed by atoms with van der Waals surface area (Å²) >= 11 is 0. The molecule has 0 aliphatic rings. The highest BCUT2D eigenvalue weighted by atomic mass is 32.2. The Hall–Kier alpha value is -2.34. The van der Waals surface area contributed by atoms with Crippen molar-refractivity contribution in [3.8, 4) is 0 Å². The quantitative estimate of drug-likeness (QED) is 0.888. The number of hydrogen-bond acceptors (Lipinski definition) is 3. The Morgan fingerprint density at radius 2 is 1.68 bits per heavy atom. The van der Waals surface area contributed by atoms with Gasteiger partial charge in [0.2, 0.25) is 5.91 Å². The Labute approximate surface area is 111 Å². The van der Waals surface area contributed by atoms with E-state index < -0.39 is 15.9 Å². The van der Waals surface area contributed by atoms with Gasteiger partial charge in [-0.3, -0.25) is 9.52 Å². The maximum atomic E-state index is 12.1. The van der Waals surface area contributed by atoms with Gasteiger partial charge in [0.25, 0.3) is 10.0 Å². The fourth-order valence-corrected chi connectivity index (χ4v) is 2.64. The Kier molecular flexibility index (Phi) is 3.52. The summed E-state index contributed by atoms with van der Waals surface area (Å²) in [5, 5.41) is 0. The number of amides is 1. The molecule has 2 aromatic rings. The van der Waals surface area contributed by atoms with Crippen molar-refractivity contribution in [2.45, 2.75) is 4.90 Å². The van der Waals surface area contributed by atoms with Crippen molar-refractivity contribution in [1.82, 2.24) is 0 Å². The van der Waals surface area contributed by atoms with Crippen LogP contribution in [0.15, 0.2) is 59.5 Å². The summed E-state index contributed by atoms with van der Waals surface area (Å²) < 4.78 is 26.6. The third-order valence-electron chi connectivity index (χ3n) is 2.45. The van der Waals surface area contributed by atoms with E-state index in [1.54, 1.807) is 30.3 Å². The van der Waals surface area contributed by atoms with E-state index in [0.717, 1.165) is 0 Å². The average Bonchev–Trinajstić information content (AvgIpc) is 2.39. The predicted molar refractivity (Wildman–Crippen MR) is 72.2 cm³/mol. The molecule has 2 aromatic carbocycles. The Bertz CT molecular complexity index is 697. The number of para-hydroxylation sites is 1. The van der Waals surface area contributed by atoms with Gasteiger partial charge in [-0.15, -0.1) is 0 Å². The highest BCUT2D eigenvalue weighted by Gasteiger charge is 2.15. The maximum absolute atomic E-state index is 12.1. The first kappa shape index (κ1) is 13.1. The average molecular weight is 276 g/mol. The molecule has 2 rings (SSSR count). The first-order valence-corrected chi connectivity index (χ1v) is 6.95. The molecule has 5 nitrogen and oxygen atoms in total. The number of sulfonamides is 1. The van der Waals surface area contributed by atoms with Gasteiger partial charge in [0.15, 0.2) is 0 Å². The number of benzene rings is 2. The molecule has 19 heavy (non-hydrogen) atoms. The lowest BCUT2D eigenvalue weighted by atomic mass is 10.2. The summed E-state index contributed by atoms with van der Waals surface area (Å²) in [6.45, 7) is 0. The third kappa shape index (κ3) is 3.11. The minimum absolute atomic E-state index is 0.00680. The third-order valence-corrected chi connectivity index (χ3v) is 3.83. The van der Waals surface area contributed by atoms with Crippen LogP contribution in [0.25, 0.3) is 0 Å². The van der Waals surface area contributed by atoms with E-state index in [2.05, 4.69) is 4.72 Å². The van der Waals surface area contributed by atoms with E-state index in [-0.39, 0.29) is 10.5 Å². The molecular formula is C13H12N2O3S. The second-order valence-electron chi connectivity index (χ2n) is 3.86. The molecule has 3 N–H and O–H groups in total. The van der Waals surface area contributed by atoms with Crippen LogP contribution in [0.1, 0.15) is 10.4 Å². The highest BCUT2D eigenvalue weighted by molar-refractivity contribution is 7.92. The molecule has 0 fully saturated rings. The SMILES string of the molecule is NC(=O)c1cccc(S(=O)(=O)Nc2ccccc2)c1. The smallest absolute Gasteiger partial charge is 0.261 e. The zero-order valence-corrected chi connectivity index (χ0v) is 10.7. The molecule has 1 amide bonds. The van der Waals surface area contributed by atoms with Gasteiger partial charge >= 0.3 is 0 Å². The molecule has 98 valence electrons. The number of hydrogen-bond donors (Lipinski definition) is 2. The fraction of sp³-hybridized carbons (Fsp3) is 0. The zero-order valence-electron chi connectivity index (χ0n) is 9.91. The van der Waals surface area contributed by atoms with Crippen molar-refractivity contribution in [2.75, 3.05) is 4.72 Å². The molecule has 0 unspecified atom stereocenters. The molecule has 0 aliphatic heterocycles. The second kappa shape index (κ2) is 5.11. The number of anilines is 1. The Morgan fingerprint density at radius 3 is 2.32 bits per heavy atom. The van der Waals surface area contributed by atoms with E-state index in [4.69, 9.17) is 5.73 Å². The number of carbonyl (C=O) groups excluding carboxylic acids is 1. The minimum atomic E-state index is -3.73. The fourth-order valence-electron chi connectivity index (χ4n) is 1.54. The second-order valence-corrected chi connectivity index (χ2v) is 5.55.